The summed E-state index contributed by atoms with van der Waals surface area (Å²) in [6.45, 7) is 4.94. The van der Waals surface area contributed by atoms with E-state index in [9.17, 15) is 0 Å². The van der Waals surface area contributed by atoms with Gasteiger partial charge in [0.1, 0.15) is 0 Å². The number of piperidine rings is 1. The highest BCUT2D eigenvalue weighted by Gasteiger charge is 2.37. The second-order valence-electron chi connectivity index (χ2n) is 5.35. The van der Waals surface area contributed by atoms with Gasteiger partial charge in [0, 0.05) is 6.61 Å². The first-order valence-electron chi connectivity index (χ1n) is 6.97. The van der Waals surface area contributed by atoms with Crippen molar-refractivity contribution >= 4 is 0 Å². The number of hydrogen-bond donors (Lipinski definition) is 1. The Hall–Kier alpha value is -0.940. The van der Waals surface area contributed by atoms with Crippen molar-refractivity contribution in [1.82, 2.24) is 15.5 Å². The number of ether oxygens (including phenoxy) is 1. The Morgan fingerprint density at radius 2 is 2.06 bits per heavy atom. The predicted octanol–water partition coefficient (Wildman–Crippen LogP) is 1.64. The van der Waals surface area contributed by atoms with E-state index in [4.69, 9.17) is 9.26 Å². The van der Waals surface area contributed by atoms with Crippen LogP contribution in [0.2, 0.25) is 0 Å². The predicted molar refractivity (Wildman–Crippen MR) is 66.3 cm³/mol. The van der Waals surface area contributed by atoms with Gasteiger partial charge in [0.05, 0.1) is 12.0 Å². The molecule has 5 heteroatoms. The van der Waals surface area contributed by atoms with Gasteiger partial charge in [0.2, 0.25) is 5.89 Å². The summed E-state index contributed by atoms with van der Waals surface area (Å²) in [5.74, 6) is 2.42. The Bertz CT molecular complexity index is 387. The molecule has 0 radical (unpaired) electrons. The first kappa shape index (κ1) is 12.1. The lowest BCUT2D eigenvalue weighted by atomic mass is 9.81. The van der Waals surface area contributed by atoms with Crippen LogP contribution in [0.25, 0.3) is 0 Å². The van der Waals surface area contributed by atoms with Crippen molar-refractivity contribution in [3.63, 3.8) is 0 Å². The Balaban J connectivity index is 1.76. The molecule has 5 nitrogen and oxygen atoms in total. The van der Waals surface area contributed by atoms with Crippen LogP contribution in [0.4, 0.5) is 0 Å². The van der Waals surface area contributed by atoms with E-state index in [0.29, 0.717) is 11.8 Å². The number of nitrogens with one attached hydrogen (secondary N) is 1. The summed E-state index contributed by atoms with van der Waals surface area (Å²) >= 11 is 0. The van der Waals surface area contributed by atoms with Crippen LogP contribution in [0.15, 0.2) is 4.52 Å². The third kappa shape index (κ3) is 2.42. The molecule has 2 aliphatic rings. The maximum Gasteiger partial charge on any atom is 0.232 e. The van der Waals surface area contributed by atoms with Crippen molar-refractivity contribution < 1.29 is 9.26 Å². The highest BCUT2D eigenvalue weighted by molar-refractivity contribution is 5.00. The van der Waals surface area contributed by atoms with Crippen LogP contribution in [-0.2, 0) is 4.74 Å². The molecule has 2 fully saturated rings. The summed E-state index contributed by atoms with van der Waals surface area (Å²) in [5.41, 5.74) is 0. The molecule has 3 rings (SSSR count). The molecule has 100 valence electrons. The van der Waals surface area contributed by atoms with Gasteiger partial charge in [0.15, 0.2) is 5.82 Å². The molecule has 2 saturated heterocycles. The van der Waals surface area contributed by atoms with Crippen LogP contribution >= 0.6 is 0 Å². The smallest absolute Gasteiger partial charge is 0.232 e. The minimum absolute atomic E-state index is 0.265. The third-order valence-corrected chi connectivity index (χ3v) is 4.08. The van der Waals surface area contributed by atoms with Gasteiger partial charge in [-0.25, -0.2) is 0 Å². The standard InChI is InChI=1S/C13H21N3O2/c1-9-15-13(18-16-9)11-3-2-8-17-12(11)10-4-6-14-7-5-10/h10-12,14H,2-8H2,1H3/t11-,12+/m1/s1. The quantitative estimate of drug-likeness (QED) is 0.866. The van der Waals surface area contributed by atoms with E-state index in [-0.39, 0.29) is 6.10 Å². The molecule has 0 unspecified atom stereocenters. The zero-order valence-corrected chi connectivity index (χ0v) is 10.9. The monoisotopic (exact) mass is 251 g/mol. The number of rotatable bonds is 2. The number of hydrogen-bond acceptors (Lipinski definition) is 5. The van der Waals surface area contributed by atoms with E-state index < -0.39 is 0 Å². The highest BCUT2D eigenvalue weighted by Crippen LogP contribution is 2.36. The Kier molecular flexibility index (Phi) is 3.61. The molecular formula is C13H21N3O2. The molecule has 1 aromatic heterocycles. The van der Waals surface area contributed by atoms with Crippen LogP contribution in [0.3, 0.4) is 0 Å². The number of nitrogens with zero attached hydrogens (tertiary/aromatic N) is 2. The van der Waals surface area contributed by atoms with E-state index in [0.717, 1.165) is 44.3 Å². The van der Waals surface area contributed by atoms with E-state index >= 15 is 0 Å². The molecule has 0 bridgehead atoms. The van der Waals surface area contributed by atoms with Gasteiger partial charge >= 0.3 is 0 Å². The summed E-state index contributed by atoms with van der Waals surface area (Å²) in [7, 11) is 0. The van der Waals surface area contributed by atoms with Crippen LogP contribution in [0, 0.1) is 12.8 Å². The fourth-order valence-electron chi connectivity index (χ4n) is 3.17. The van der Waals surface area contributed by atoms with Crippen LogP contribution < -0.4 is 5.32 Å². The Morgan fingerprint density at radius 3 is 2.78 bits per heavy atom. The molecule has 0 amide bonds. The molecule has 0 saturated carbocycles. The third-order valence-electron chi connectivity index (χ3n) is 4.08. The summed E-state index contributed by atoms with van der Waals surface area (Å²) in [6.07, 6.45) is 4.84. The van der Waals surface area contributed by atoms with Gasteiger partial charge in [-0.1, -0.05) is 5.16 Å². The highest BCUT2D eigenvalue weighted by atomic mass is 16.5. The summed E-state index contributed by atoms with van der Waals surface area (Å²) in [5, 5.41) is 7.32. The van der Waals surface area contributed by atoms with Gasteiger partial charge in [-0.15, -0.1) is 0 Å². The molecular weight excluding hydrogens is 230 g/mol. The van der Waals surface area contributed by atoms with Gasteiger partial charge in [-0.2, -0.15) is 4.98 Å². The first-order chi connectivity index (χ1) is 8.84. The van der Waals surface area contributed by atoms with Crippen molar-refractivity contribution in [1.29, 1.82) is 0 Å². The fourth-order valence-corrected chi connectivity index (χ4v) is 3.17. The maximum absolute atomic E-state index is 6.04. The second-order valence-corrected chi connectivity index (χ2v) is 5.35. The minimum Gasteiger partial charge on any atom is -0.377 e. The lowest BCUT2D eigenvalue weighted by Crippen LogP contribution is -2.40. The van der Waals surface area contributed by atoms with Crippen molar-refractivity contribution in [3.05, 3.63) is 11.7 Å². The second kappa shape index (κ2) is 5.36. The molecule has 18 heavy (non-hydrogen) atoms. The first-order valence-corrected chi connectivity index (χ1v) is 6.97. The van der Waals surface area contributed by atoms with Crippen LogP contribution in [0.1, 0.15) is 43.3 Å². The summed E-state index contributed by atoms with van der Waals surface area (Å²) in [6, 6.07) is 0. The lowest BCUT2D eigenvalue weighted by molar-refractivity contribution is -0.0502. The largest absolute Gasteiger partial charge is 0.377 e. The molecule has 3 heterocycles. The van der Waals surface area contributed by atoms with Gasteiger partial charge in [0.25, 0.3) is 0 Å². The number of aromatic nitrogens is 2. The molecule has 2 atom stereocenters. The van der Waals surface area contributed by atoms with E-state index in [2.05, 4.69) is 15.5 Å². The summed E-state index contributed by atoms with van der Waals surface area (Å²) in [4.78, 5) is 4.41. The fraction of sp³-hybridized carbons (Fsp3) is 0.846. The van der Waals surface area contributed by atoms with Gasteiger partial charge in [-0.05, 0) is 51.6 Å². The van der Waals surface area contributed by atoms with Crippen molar-refractivity contribution in [2.45, 2.75) is 44.6 Å². The maximum atomic E-state index is 6.04. The SMILES string of the molecule is Cc1noc([C@@H]2CCCO[C@H]2C2CCNCC2)n1. The Labute approximate surface area is 107 Å². The number of aryl methyl sites for hydroxylation is 1. The van der Waals surface area contributed by atoms with Crippen molar-refractivity contribution in [2.24, 2.45) is 5.92 Å². The molecule has 0 spiro atoms. The van der Waals surface area contributed by atoms with Gasteiger partial charge < -0.3 is 14.6 Å². The van der Waals surface area contributed by atoms with Gasteiger partial charge in [-0.3, -0.25) is 0 Å². The van der Waals surface area contributed by atoms with Crippen molar-refractivity contribution in [2.75, 3.05) is 19.7 Å². The Morgan fingerprint density at radius 1 is 1.22 bits per heavy atom. The topological polar surface area (TPSA) is 60.2 Å². The molecule has 0 aromatic carbocycles. The van der Waals surface area contributed by atoms with E-state index in [1.54, 1.807) is 0 Å². The summed E-state index contributed by atoms with van der Waals surface area (Å²) < 4.78 is 11.4. The van der Waals surface area contributed by atoms with Crippen LogP contribution in [0.5, 0.6) is 0 Å². The molecule has 2 aliphatic heterocycles. The lowest BCUT2D eigenvalue weighted by Gasteiger charge is -2.37. The minimum atomic E-state index is 0.265. The van der Waals surface area contributed by atoms with Crippen LogP contribution in [-0.4, -0.2) is 35.9 Å². The normalized spacial score (nSPS) is 30.5. The zero-order chi connectivity index (χ0) is 12.4. The molecule has 0 aliphatic carbocycles. The zero-order valence-electron chi connectivity index (χ0n) is 10.9. The average molecular weight is 251 g/mol. The van der Waals surface area contributed by atoms with E-state index in [1.165, 1.54) is 12.8 Å². The average Bonchev–Trinajstić information content (AvgIpc) is 2.86. The molecule has 1 aromatic rings. The van der Waals surface area contributed by atoms with E-state index in [1.807, 2.05) is 6.92 Å². The van der Waals surface area contributed by atoms with Crippen molar-refractivity contribution in [3.8, 4) is 0 Å². The molecule has 1 N–H and O–H groups in total.